The first-order valence-corrected chi connectivity index (χ1v) is 12.8. The molecule has 0 amide bonds. The Balaban J connectivity index is 1.61. The average Bonchev–Trinajstić information content (AvgIpc) is 3.19. The summed E-state index contributed by atoms with van der Waals surface area (Å²) in [6.07, 6.45) is 3.59. The van der Waals surface area contributed by atoms with Crippen molar-refractivity contribution in [3.8, 4) is 5.75 Å². The molecule has 1 aliphatic heterocycles. The lowest BCUT2D eigenvalue weighted by molar-refractivity contribution is 0.414. The largest absolute Gasteiger partial charge is 0.497 e. The highest BCUT2D eigenvalue weighted by Gasteiger charge is 2.32. The number of halogens is 2. The van der Waals surface area contributed by atoms with Gasteiger partial charge < -0.3 is 4.74 Å². The summed E-state index contributed by atoms with van der Waals surface area (Å²) in [4.78, 5) is 19.5. The molecule has 1 aliphatic carbocycles. The number of aryl methyl sites for hydroxylation is 1. The summed E-state index contributed by atoms with van der Waals surface area (Å²) in [6, 6.07) is 21.4. The molecule has 0 saturated carbocycles. The summed E-state index contributed by atoms with van der Waals surface area (Å²) >= 11 is 13.9. The second kappa shape index (κ2) is 8.83. The molecule has 0 unspecified atom stereocenters. The third-order valence-corrected chi connectivity index (χ3v) is 8.10. The maximum Gasteiger partial charge on any atom is 0.271 e. The van der Waals surface area contributed by atoms with Crippen molar-refractivity contribution in [3.63, 3.8) is 0 Å². The summed E-state index contributed by atoms with van der Waals surface area (Å²) in [7, 11) is 1.65. The van der Waals surface area contributed by atoms with Gasteiger partial charge in [0.15, 0.2) is 4.80 Å². The van der Waals surface area contributed by atoms with E-state index in [0.29, 0.717) is 19.4 Å². The zero-order valence-corrected chi connectivity index (χ0v) is 21.1. The van der Waals surface area contributed by atoms with Gasteiger partial charge in [-0.1, -0.05) is 77.0 Å². The van der Waals surface area contributed by atoms with Gasteiger partial charge in [-0.05, 0) is 65.4 Å². The molecule has 7 heteroatoms. The second-order valence-electron chi connectivity index (χ2n) is 8.55. The molecule has 4 aromatic rings. The minimum absolute atomic E-state index is 0.0778. The molecule has 1 aromatic heterocycles. The molecule has 1 atom stereocenters. The van der Waals surface area contributed by atoms with Gasteiger partial charge in [0.1, 0.15) is 5.75 Å². The number of rotatable bonds is 3. The highest BCUT2D eigenvalue weighted by Crippen LogP contribution is 2.41. The topological polar surface area (TPSA) is 43.6 Å². The molecular formula is C28H20Cl2N2O2S. The van der Waals surface area contributed by atoms with Crippen LogP contribution in [0.5, 0.6) is 5.75 Å². The standard InChI is InChI=1S/C28H20Cl2N2O2S/c1-34-20-11-7-17(8-12-20)26-22-13-9-16-4-2-3-5-21(16)25(22)31-28-32(26)27(33)24(35-28)14-18-6-10-19(29)15-23(18)30/h2-8,10-12,14-15,26H,9,13H2,1H3/b24-14-/t26-/m1/s1. The number of hydrogen-bond donors (Lipinski definition) is 0. The first-order chi connectivity index (χ1) is 17.0. The fourth-order valence-electron chi connectivity index (χ4n) is 4.87. The SMILES string of the molecule is COc1ccc([C@@H]2C3=C(N=c4s/c(=C\c5ccc(Cl)cc5Cl)c(=O)n42)c2ccccc2CC3)cc1. The van der Waals surface area contributed by atoms with Crippen LogP contribution in [0.3, 0.4) is 0 Å². The molecule has 3 aromatic carbocycles. The summed E-state index contributed by atoms with van der Waals surface area (Å²) in [5.74, 6) is 0.779. The molecule has 0 radical (unpaired) electrons. The Labute approximate surface area is 216 Å². The minimum atomic E-state index is -0.233. The molecule has 0 spiro atoms. The maximum atomic E-state index is 13.8. The highest BCUT2D eigenvalue weighted by atomic mass is 35.5. The van der Waals surface area contributed by atoms with Gasteiger partial charge in [-0.2, -0.15) is 0 Å². The smallest absolute Gasteiger partial charge is 0.271 e. The van der Waals surface area contributed by atoms with E-state index in [-0.39, 0.29) is 11.6 Å². The van der Waals surface area contributed by atoms with Gasteiger partial charge in [-0.15, -0.1) is 0 Å². The minimum Gasteiger partial charge on any atom is -0.497 e. The number of ether oxygens (including phenoxy) is 1. The van der Waals surface area contributed by atoms with Crippen LogP contribution in [0, 0.1) is 0 Å². The molecule has 174 valence electrons. The number of fused-ring (bicyclic) bond motifs is 3. The van der Waals surface area contributed by atoms with E-state index in [9.17, 15) is 4.79 Å². The van der Waals surface area contributed by atoms with Crippen molar-refractivity contribution >= 4 is 46.3 Å². The van der Waals surface area contributed by atoms with Gasteiger partial charge in [-0.3, -0.25) is 9.36 Å². The van der Waals surface area contributed by atoms with Crippen molar-refractivity contribution in [1.29, 1.82) is 0 Å². The van der Waals surface area contributed by atoms with Gasteiger partial charge in [0.05, 0.1) is 23.4 Å². The number of aromatic nitrogens is 1. The Morgan fingerprint density at radius 2 is 1.86 bits per heavy atom. The van der Waals surface area contributed by atoms with E-state index >= 15 is 0 Å². The molecule has 0 N–H and O–H groups in total. The number of methoxy groups -OCH3 is 1. The van der Waals surface area contributed by atoms with Crippen molar-refractivity contribution < 1.29 is 4.74 Å². The van der Waals surface area contributed by atoms with Crippen LogP contribution in [0.25, 0.3) is 11.8 Å². The monoisotopic (exact) mass is 518 g/mol. The van der Waals surface area contributed by atoms with Crippen molar-refractivity contribution in [3.05, 3.63) is 124 Å². The van der Waals surface area contributed by atoms with E-state index in [0.717, 1.165) is 46.6 Å². The summed E-state index contributed by atoms with van der Waals surface area (Å²) in [5, 5.41) is 1.06. The molecule has 6 rings (SSSR count). The van der Waals surface area contributed by atoms with E-state index in [1.54, 1.807) is 19.2 Å². The number of allylic oxidation sites excluding steroid dienone is 1. The Hall–Kier alpha value is -3.12. The molecule has 4 nitrogen and oxygen atoms in total. The third-order valence-electron chi connectivity index (χ3n) is 6.55. The van der Waals surface area contributed by atoms with E-state index in [4.69, 9.17) is 32.9 Å². The zero-order chi connectivity index (χ0) is 24.1. The fourth-order valence-corrected chi connectivity index (χ4v) is 6.32. The molecule has 35 heavy (non-hydrogen) atoms. The van der Waals surface area contributed by atoms with Crippen molar-refractivity contribution in [2.75, 3.05) is 7.11 Å². The van der Waals surface area contributed by atoms with Crippen LogP contribution in [-0.2, 0) is 6.42 Å². The molecule has 0 fully saturated rings. The molecule has 2 aliphatic rings. The van der Waals surface area contributed by atoms with Crippen molar-refractivity contribution in [2.45, 2.75) is 18.9 Å². The van der Waals surface area contributed by atoms with Crippen LogP contribution in [-0.4, -0.2) is 11.7 Å². The summed E-state index contributed by atoms with van der Waals surface area (Å²) < 4.78 is 7.78. The first-order valence-electron chi connectivity index (χ1n) is 11.3. The van der Waals surface area contributed by atoms with Crippen LogP contribution >= 0.6 is 34.5 Å². The Kier molecular flexibility index (Phi) is 5.64. The lowest BCUT2D eigenvalue weighted by Gasteiger charge is -2.30. The highest BCUT2D eigenvalue weighted by molar-refractivity contribution is 7.07. The van der Waals surface area contributed by atoms with Crippen LogP contribution in [0.2, 0.25) is 10.0 Å². The lowest BCUT2D eigenvalue weighted by atomic mass is 9.83. The third kappa shape index (κ3) is 3.84. The molecule has 0 saturated heterocycles. The van der Waals surface area contributed by atoms with E-state index in [1.165, 1.54) is 16.9 Å². The van der Waals surface area contributed by atoms with Crippen LogP contribution in [0.4, 0.5) is 0 Å². The van der Waals surface area contributed by atoms with Gasteiger partial charge in [-0.25, -0.2) is 4.99 Å². The number of benzene rings is 3. The maximum absolute atomic E-state index is 13.8. The normalized spacial score (nSPS) is 16.9. The van der Waals surface area contributed by atoms with Crippen LogP contribution in [0.1, 0.15) is 34.7 Å². The second-order valence-corrected chi connectivity index (χ2v) is 10.4. The zero-order valence-electron chi connectivity index (χ0n) is 18.8. The number of hydrogen-bond acceptors (Lipinski definition) is 4. The Bertz CT molecular complexity index is 1680. The van der Waals surface area contributed by atoms with Gasteiger partial charge in [0.2, 0.25) is 0 Å². The molecule has 2 heterocycles. The summed E-state index contributed by atoms with van der Waals surface area (Å²) in [6.45, 7) is 0. The van der Waals surface area contributed by atoms with Crippen molar-refractivity contribution in [2.24, 2.45) is 4.99 Å². The number of nitrogens with zero attached hydrogens (tertiary/aromatic N) is 2. The fraction of sp³-hybridized carbons (Fsp3) is 0.143. The van der Waals surface area contributed by atoms with E-state index < -0.39 is 0 Å². The molecular weight excluding hydrogens is 499 g/mol. The van der Waals surface area contributed by atoms with E-state index in [2.05, 4.69) is 18.2 Å². The number of thiazole rings is 1. The average molecular weight is 519 g/mol. The van der Waals surface area contributed by atoms with Crippen LogP contribution < -0.4 is 19.6 Å². The van der Waals surface area contributed by atoms with Gasteiger partial charge in [0.25, 0.3) is 5.56 Å². The van der Waals surface area contributed by atoms with Gasteiger partial charge >= 0.3 is 0 Å². The Morgan fingerprint density at radius 3 is 2.63 bits per heavy atom. The molecule has 0 bridgehead atoms. The van der Waals surface area contributed by atoms with Gasteiger partial charge in [0, 0.05) is 15.6 Å². The predicted octanol–water partition coefficient (Wildman–Crippen LogP) is 5.63. The first kappa shape index (κ1) is 22.4. The van der Waals surface area contributed by atoms with Crippen LogP contribution in [0.15, 0.2) is 82.1 Å². The Morgan fingerprint density at radius 1 is 1.06 bits per heavy atom. The summed E-state index contributed by atoms with van der Waals surface area (Å²) in [5.41, 5.74) is 6.27. The van der Waals surface area contributed by atoms with Crippen molar-refractivity contribution in [1.82, 2.24) is 4.57 Å². The predicted molar refractivity (Wildman–Crippen MR) is 142 cm³/mol. The quantitative estimate of drug-likeness (QED) is 0.352. The van der Waals surface area contributed by atoms with E-state index in [1.807, 2.05) is 47.0 Å². The lowest BCUT2D eigenvalue weighted by Crippen LogP contribution is -2.38.